The lowest BCUT2D eigenvalue weighted by Crippen LogP contribution is -2.16. The Balaban J connectivity index is 2.38. The van der Waals surface area contributed by atoms with Gasteiger partial charge in [0.05, 0.1) is 11.1 Å². The minimum Gasteiger partial charge on any atom is -0.478 e. The Hall–Kier alpha value is -3.21. The second-order valence-corrected chi connectivity index (χ2v) is 5.70. The number of rotatable bonds is 7. The summed E-state index contributed by atoms with van der Waals surface area (Å²) >= 11 is 0. The fraction of sp³-hybridized carbons (Fsp3) is 0.150. The highest BCUT2D eigenvalue weighted by molar-refractivity contribution is 6.07. The molecule has 0 amide bonds. The average molecular weight is 338 g/mol. The van der Waals surface area contributed by atoms with Gasteiger partial charge in [0.25, 0.3) is 0 Å². The molecule has 0 aromatic heterocycles. The first-order valence-corrected chi connectivity index (χ1v) is 7.71. The largest absolute Gasteiger partial charge is 0.478 e. The van der Waals surface area contributed by atoms with Crippen molar-refractivity contribution in [2.24, 2.45) is 0 Å². The first-order valence-electron chi connectivity index (χ1n) is 7.71. The van der Waals surface area contributed by atoms with Crippen LogP contribution in [0.3, 0.4) is 0 Å². The molecule has 25 heavy (non-hydrogen) atoms. The molecule has 0 aliphatic carbocycles. The van der Waals surface area contributed by atoms with Gasteiger partial charge < -0.3 is 10.2 Å². The molecule has 2 aromatic carbocycles. The van der Waals surface area contributed by atoms with Crippen LogP contribution < -0.4 is 0 Å². The highest BCUT2D eigenvalue weighted by atomic mass is 16.4. The number of benzene rings is 2. The van der Waals surface area contributed by atoms with Crippen molar-refractivity contribution in [2.75, 3.05) is 0 Å². The molecule has 0 aliphatic heterocycles. The molecule has 2 rings (SSSR count). The molecule has 0 saturated carbocycles. The van der Waals surface area contributed by atoms with Crippen molar-refractivity contribution in [3.8, 4) is 0 Å². The van der Waals surface area contributed by atoms with Crippen LogP contribution in [0.5, 0.6) is 0 Å². The van der Waals surface area contributed by atoms with Crippen molar-refractivity contribution in [3.05, 3.63) is 82.4 Å². The van der Waals surface area contributed by atoms with Gasteiger partial charge in [0.2, 0.25) is 0 Å². The molecule has 0 unspecified atom stereocenters. The molecule has 5 heteroatoms. The second kappa shape index (κ2) is 8.06. The van der Waals surface area contributed by atoms with E-state index in [1.54, 1.807) is 48.5 Å². The zero-order valence-corrected chi connectivity index (χ0v) is 13.7. The van der Waals surface area contributed by atoms with Crippen LogP contribution in [0.25, 0.3) is 0 Å². The topological polar surface area (TPSA) is 91.7 Å². The van der Waals surface area contributed by atoms with Crippen molar-refractivity contribution < 1.29 is 24.6 Å². The molecule has 0 atom stereocenters. The third kappa shape index (κ3) is 4.88. The molecule has 2 N–H and O–H groups in total. The normalized spacial score (nSPS) is 11.6. The summed E-state index contributed by atoms with van der Waals surface area (Å²) < 4.78 is 0. The van der Waals surface area contributed by atoms with Gasteiger partial charge in [0.1, 0.15) is 0 Å². The van der Waals surface area contributed by atoms with E-state index in [4.69, 9.17) is 0 Å². The first kappa shape index (κ1) is 18.1. The van der Waals surface area contributed by atoms with Crippen LogP contribution in [-0.2, 0) is 16.0 Å². The number of hydrogen-bond acceptors (Lipinski definition) is 3. The van der Waals surface area contributed by atoms with Crippen LogP contribution in [0.1, 0.15) is 27.9 Å². The molecule has 128 valence electrons. The van der Waals surface area contributed by atoms with Gasteiger partial charge in [-0.25, -0.2) is 9.59 Å². The lowest BCUT2D eigenvalue weighted by Gasteiger charge is -2.09. The SMILES string of the molecule is Cc1cccc(C(=O)CC(C(=O)O)=C(Cc2ccccc2)C(=O)O)c1. The minimum absolute atomic E-state index is 0.0566. The Morgan fingerprint density at radius 2 is 1.48 bits per heavy atom. The van der Waals surface area contributed by atoms with Crippen LogP contribution in [0, 0.1) is 6.92 Å². The molecule has 0 fully saturated rings. The molecule has 0 heterocycles. The summed E-state index contributed by atoms with van der Waals surface area (Å²) in [6.07, 6.45) is -0.522. The summed E-state index contributed by atoms with van der Waals surface area (Å²) in [6.45, 7) is 1.82. The lowest BCUT2D eigenvalue weighted by atomic mass is 9.94. The summed E-state index contributed by atoms with van der Waals surface area (Å²) in [5.41, 5.74) is 1.24. The van der Waals surface area contributed by atoms with Gasteiger partial charge in [-0.15, -0.1) is 0 Å². The molecule has 0 aliphatic rings. The maximum Gasteiger partial charge on any atom is 0.332 e. The summed E-state index contributed by atoms with van der Waals surface area (Å²) in [5, 5.41) is 18.9. The Labute approximate surface area is 145 Å². The molecule has 0 saturated heterocycles. The van der Waals surface area contributed by atoms with E-state index in [2.05, 4.69) is 0 Å². The Morgan fingerprint density at radius 1 is 0.840 bits per heavy atom. The van der Waals surface area contributed by atoms with Gasteiger partial charge in [-0.2, -0.15) is 0 Å². The quantitative estimate of drug-likeness (QED) is 0.597. The maximum atomic E-state index is 12.4. The van der Waals surface area contributed by atoms with Gasteiger partial charge >= 0.3 is 11.9 Å². The third-order valence-electron chi connectivity index (χ3n) is 3.78. The van der Waals surface area contributed by atoms with Crippen molar-refractivity contribution in [1.29, 1.82) is 0 Å². The van der Waals surface area contributed by atoms with Crippen molar-refractivity contribution in [1.82, 2.24) is 0 Å². The number of aliphatic carboxylic acids is 2. The van der Waals surface area contributed by atoms with Gasteiger partial charge in [0, 0.05) is 18.4 Å². The molecule has 2 aromatic rings. The van der Waals surface area contributed by atoms with Gasteiger partial charge in [-0.1, -0.05) is 54.1 Å². The zero-order valence-electron chi connectivity index (χ0n) is 13.7. The number of carbonyl (C=O) groups excluding carboxylic acids is 1. The molecular weight excluding hydrogens is 320 g/mol. The Kier molecular flexibility index (Phi) is 5.84. The number of aryl methyl sites for hydroxylation is 1. The van der Waals surface area contributed by atoms with E-state index in [0.717, 1.165) is 5.56 Å². The standard InChI is InChI=1S/C20H18O5/c1-13-6-5-9-15(10-13)18(21)12-17(20(24)25)16(19(22)23)11-14-7-3-2-4-8-14/h2-10H,11-12H2,1H3,(H,22,23)(H,24,25). The zero-order chi connectivity index (χ0) is 18.4. The predicted octanol–water partition coefficient (Wildman–Crippen LogP) is 3.28. The van der Waals surface area contributed by atoms with E-state index >= 15 is 0 Å². The van der Waals surface area contributed by atoms with E-state index in [0.29, 0.717) is 11.1 Å². The van der Waals surface area contributed by atoms with E-state index in [1.165, 1.54) is 0 Å². The number of hydrogen-bond donors (Lipinski definition) is 2. The van der Waals surface area contributed by atoms with E-state index < -0.39 is 24.1 Å². The fourth-order valence-corrected chi connectivity index (χ4v) is 2.50. The van der Waals surface area contributed by atoms with Crippen LogP contribution in [0.15, 0.2) is 65.7 Å². The molecule has 5 nitrogen and oxygen atoms in total. The fourth-order valence-electron chi connectivity index (χ4n) is 2.50. The average Bonchev–Trinajstić information content (AvgIpc) is 2.58. The lowest BCUT2D eigenvalue weighted by molar-refractivity contribution is -0.136. The van der Waals surface area contributed by atoms with Crippen LogP contribution in [0.2, 0.25) is 0 Å². The number of ketones is 1. The van der Waals surface area contributed by atoms with Crippen LogP contribution in [0.4, 0.5) is 0 Å². The van der Waals surface area contributed by atoms with E-state index in [-0.39, 0.29) is 17.6 Å². The Morgan fingerprint density at radius 3 is 2.04 bits per heavy atom. The van der Waals surface area contributed by atoms with Crippen molar-refractivity contribution >= 4 is 17.7 Å². The highest BCUT2D eigenvalue weighted by Crippen LogP contribution is 2.19. The number of Topliss-reactive ketones (excluding diaryl/α,β-unsaturated/α-hetero) is 1. The van der Waals surface area contributed by atoms with E-state index in [9.17, 15) is 24.6 Å². The van der Waals surface area contributed by atoms with Crippen LogP contribution in [-0.4, -0.2) is 27.9 Å². The molecule has 0 spiro atoms. The minimum atomic E-state index is -1.39. The predicted molar refractivity (Wildman–Crippen MR) is 92.6 cm³/mol. The summed E-state index contributed by atoms with van der Waals surface area (Å²) in [6, 6.07) is 15.5. The molecule has 0 bridgehead atoms. The van der Waals surface area contributed by atoms with Gasteiger partial charge in [-0.3, -0.25) is 4.79 Å². The van der Waals surface area contributed by atoms with Gasteiger partial charge in [-0.05, 0) is 18.6 Å². The van der Waals surface area contributed by atoms with Crippen molar-refractivity contribution in [2.45, 2.75) is 19.8 Å². The number of carboxylic acid groups (broad SMARTS) is 2. The van der Waals surface area contributed by atoms with E-state index in [1.807, 2.05) is 13.0 Å². The molecular formula is C20H18O5. The van der Waals surface area contributed by atoms with Gasteiger partial charge in [0.15, 0.2) is 5.78 Å². The number of carboxylic acids is 2. The number of carbonyl (C=O) groups is 3. The summed E-state index contributed by atoms with van der Waals surface area (Å²) in [4.78, 5) is 35.6. The monoisotopic (exact) mass is 338 g/mol. The van der Waals surface area contributed by atoms with Crippen LogP contribution >= 0.6 is 0 Å². The highest BCUT2D eigenvalue weighted by Gasteiger charge is 2.23. The summed E-state index contributed by atoms with van der Waals surface area (Å²) in [5.74, 6) is -3.15. The third-order valence-corrected chi connectivity index (χ3v) is 3.78. The maximum absolute atomic E-state index is 12.4. The Bertz CT molecular complexity index is 834. The molecule has 0 radical (unpaired) electrons. The smallest absolute Gasteiger partial charge is 0.332 e. The summed E-state index contributed by atoms with van der Waals surface area (Å²) in [7, 11) is 0. The first-order chi connectivity index (χ1) is 11.9. The second-order valence-electron chi connectivity index (χ2n) is 5.70. The van der Waals surface area contributed by atoms with Crippen molar-refractivity contribution in [3.63, 3.8) is 0 Å².